The van der Waals surface area contributed by atoms with Crippen molar-refractivity contribution < 1.29 is 0 Å². The quantitative estimate of drug-likeness (QED) is 0.895. The number of hydrogen-bond donors (Lipinski definition) is 1. The molecule has 0 bridgehead atoms. The number of benzene rings is 1. The lowest BCUT2D eigenvalue weighted by atomic mass is 10.1. The lowest BCUT2D eigenvalue weighted by Gasteiger charge is -2.19. The van der Waals surface area contributed by atoms with Crippen LogP contribution in [0.3, 0.4) is 0 Å². The summed E-state index contributed by atoms with van der Waals surface area (Å²) in [5.41, 5.74) is 2.44. The molecule has 0 amide bonds. The van der Waals surface area contributed by atoms with Gasteiger partial charge in [-0.1, -0.05) is 30.3 Å². The fourth-order valence-corrected chi connectivity index (χ4v) is 2.89. The van der Waals surface area contributed by atoms with E-state index >= 15 is 0 Å². The number of hydrogen-bond acceptors (Lipinski definition) is 2. The lowest BCUT2D eigenvalue weighted by Crippen LogP contribution is -2.31. The molecule has 0 radical (unpaired) electrons. The zero-order valence-corrected chi connectivity index (χ0v) is 10.7. The van der Waals surface area contributed by atoms with E-state index in [2.05, 4.69) is 45.6 Å². The lowest BCUT2D eigenvalue weighted by molar-refractivity contribution is 0.383. The summed E-state index contributed by atoms with van der Waals surface area (Å²) in [4.78, 5) is 0. The third-order valence-electron chi connectivity index (χ3n) is 3.90. The Morgan fingerprint density at radius 1 is 1.17 bits per heavy atom. The highest BCUT2D eigenvalue weighted by Gasteiger charge is 2.27. The van der Waals surface area contributed by atoms with Crippen molar-refractivity contribution >= 4 is 0 Å². The predicted molar refractivity (Wildman–Crippen MR) is 73.4 cm³/mol. The summed E-state index contributed by atoms with van der Waals surface area (Å²) in [7, 11) is 2.05. The van der Waals surface area contributed by atoms with Crippen LogP contribution in [0.4, 0.5) is 0 Å². The predicted octanol–water partition coefficient (Wildman–Crippen LogP) is 2.86. The maximum absolute atomic E-state index is 4.55. The van der Waals surface area contributed by atoms with Crippen molar-refractivity contribution in [1.82, 2.24) is 15.1 Å². The molecule has 1 N–H and O–H groups in total. The number of nitrogens with one attached hydrogen (secondary N) is 1. The minimum absolute atomic E-state index is 0.507. The molecule has 2 unspecified atom stereocenters. The second-order valence-electron chi connectivity index (χ2n) is 4.97. The Hall–Kier alpha value is -1.61. The van der Waals surface area contributed by atoms with Gasteiger partial charge in [0.05, 0.1) is 12.2 Å². The van der Waals surface area contributed by atoms with E-state index in [0.29, 0.717) is 12.1 Å². The molecule has 3 nitrogen and oxygen atoms in total. The van der Waals surface area contributed by atoms with E-state index in [1.54, 1.807) is 0 Å². The highest BCUT2D eigenvalue weighted by molar-refractivity contribution is 5.61. The van der Waals surface area contributed by atoms with Crippen LogP contribution in [0.2, 0.25) is 0 Å². The number of aromatic nitrogens is 2. The standard InChI is InChI=1S/C15H19N3/c1-16-14-8-5-9-15(14)18-11-13(10-17-18)12-6-3-2-4-7-12/h2-4,6-7,10-11,14-16H,5,8-9H2,1H3. The molecule has 1 saturated carbocycles. The summed E-state index contributed by atoms with van der Waals surface area (Å²) in [6.45, 7) is 0. The molecule has 94 valence electrons. The van der Waals surface area contributed by atoms with Gasteiger partial charge < -0.3 is 5.32 Å². The minimum Gasteiger partial charge on any atom is -0.315 e. The molecule has 1 aromatic carbocycles. The van der Waals surface area contributed by atoms with Gasteiger partial charge >= 0.3 is 0 Å². The highest BCUT2D eigenvalue weighted by Crippen LogP contribution is 2.30. The average Bonchev–Trinajstić information content (AvgIpc) is 3.08. The van der Waals surface area contributed by atoms with Crippen LogP contribution in [0.15, 0.2) is 42.7 Å². The monoisotopic (exact) mass is 241 g/mol. The van der Waals surface area contributed by atoms with Gasteiger partial charge in [-0.25, -0.2) is 0 Å². The van der Waals surface area contributed by atoms with E-state index in [4.69, 9.17) is 0 Å². The van der Waals surface area contributed by atoms with E-state index in [1.165, 1.54) is 30.4 Å². The van der Waals surface area contributed by atoms with Crippen molar-refractivity contribution in [2.45, 2.75) is 31.3 Å². The molecule has 0 aliphatic heterocycles. The van der Waals surface area contributed by atoms with Gasteiger partial charge in [0.2, 0.25) is 0 Å². The molecule has 0 spiro atoms. The summed E-state index contributed by atoms with van der Waals surface area (Å²) in [5.74, 6) is 0. The fourth-order valence-electron chi connectivity index (χ4n) is 2.89. The van der Waals surface area contributed by atoms with Gasteiger partial charge in [-0.15, -0.1) is 0 Å². The normalized spacial score (nSPS) is 23.4. The highest BCUT2D eigenvalue weighted by atomic mass is 15.3. The van der Waals surface area contributed by atoms with Crippen molar-refractivity contribution in [2.75, 3.05) is 7.05 Å². The Morgan fingerprint density at radius 3 is 2.78 bits per heavy atom. The fraction of sp³-hybridized carbons (Fsp3) is 0.400. The Labute approximate surface area is 108 Å². The second-order valence-corrected chi connectivity index (χ2v) is 4.97. The first-order valence-corrected chi connectivity index (χ1v) is 6.65. The molecule has 0 saturated heterocycles. The molecule has 1 aromatic heterocycles. The molecule has 1 aliphatic carbocycles. The number of nitrogens with zero attached hydrogens (tertiary/aromatic N) is 2. The second kappa shape index (κ2) is 4.94. The van der Waals surface area contributed by atoms with Crippen LogP contribution in [-0.2, 0) is 0 Å². The maximum Gasteiger partial charge on any atom is 0.0672 e. The van der Waals surface area contributed by atoms with E-state index in [1.807, 2.05) is 19.3 Å². The Balaban J connectivity index is 1.86. The molecule has 1 fully saturated rings. The molecular formula is C15H19N3. The summed E-state index contributed by atoms with van der Waals surface area (Å²) < 4.78 is 2.14. The van der Waals surface area contributed by atoms with Gasteiger partial charge in [-0.3, -0.25) is 4.68 Å². The van der Waals surface area contributed by atoms with E-state index < -0.39 is 0 Å². The number of likely N-dealkylation sites (N-methyl/N-ethyl adjacent to an activating group) is 1. The van der Waals surface area contributed by atoms with Crippen LogP contribution in [0.5, 0.6) is 0 Å². The van der Waals surface area contributed by atoms with E-state index in [-0.39, 0.29) is 0 Å². The molecule has 2 aromatic rings. The van der Waals surface area contributed by atoms with Crippen LogP contribution in [0, 0.1) is 0 Å². The molecule has 1 aliphatic rings. The zero-order valence-electron chi connectivity index (χ0n) is 10.7. The average molecular weight is 241 g/mol. The van der Waals surface area contributed by atoms with Crippen molar-refractivity contribution in [3.63, 3.8) is 0 Å². The zero-order chi connectivity index (χ0) is 12.4. The van der Waals surface area contributed by atoms with Gasteiger partial charge in [-0.2, -0.15) is 5.10 Å². The van der Waals surface area contributed by atoms with Crippen molar-refractivity contribution in [2.24, 2.45) is 0 Å². The third kappa shape index (κ3) is 2.06. The van der Waals surface area contributed by atoms with Crippen molar-refractivity contribution in [3.05, 3.63) is 42.7 Å². The van der Waals surface area contributed by atoms with Crippen LogP contribution in [-0.4, -0.2) is 22.9 Å². The van der Waals surface area contributed by atoms with Crippen LogP contribution >= 0.6 is 0 Å². The summed E-state index contributed by atoms with van der Waals surface area (Å²) in [5, 5.41) is 7.95. The van der Waals surface area contributed by atoms with Crippen LogP contribution in [0.25, 0.3) is 11.1 Å². The van der Waals surface area contributed by atoms with Crippen molar-refractivity contribution in [3.8, 4) is 11.1 Å². The maximum atomic E-state index is 4.55. The van der Waals surface area contributed by atoms with E-state index in [0.717, 1.165) is 0 Å². The Morgan fingerprint density at radius 2 is 2.00 bits per heavy atom. The third-order valence-corrected chi connectivity index (χ3v) is 3.90. The summed E-state index contributed by atoms with van der Waals surface area (Å²) in [6.07, 6.45) is 7.91. The first-order valence-electron chi connectivity index (χ1n) is 6.65. The Bertz CT molecular complexity index is 503. The molecule has 3 rings (SSSR count). The van der Waals surface area contributed by atoms with Gasteiger partial charge in [-0.05, 0) is 31.9 Å². The van der Waals surface area contributed by atoms with Gasteiger partial charge in [0, 0.05) is 17.8 Å². The molecule has 2 atom stereocenters. The van der Waals surface area contributed by atoms with Gasteiger partial charge in [0.15, 0.2) is 0 Å². The largest absolute Gasteiger partial charge is 0.315 e. The molecule has 18 heavy (non-hydrogen) atoms. The SMILES string of the molecule is CNC1CCCC1n1cc(-c2ccccc2)cn1. The number of rotatable bonds is 3. The van der Waals surface area contributed by atoms with Gasteiger partial charge in [0.25, 0.3) is 0 Å². The molecule has 1 heterocycles. The van der Waals surface area contributed by atoms with Gasteiger partial charge in [0.1, 0.15) is 0 Å². The summed E-state index contributed by atoms with van der Waals surface area (Å²) in [6, 6.07) is 11.5. The van der Waals surface area contributed by atoms with E-state index in [9.17, 15) is 0 Å². The smallest absolute Gasteiger partial charge is 0.0672 e. The molecular weight excluding hydrogens is 222 g/mol. The Kier molecular flexibility index (Phi) is 3.15. The first-order chi connectivity index (χ1) is 8.88. The van der Waals surface area contributed by atoms with Crippen molar-refractivity contribution in [1.29, 1.82) is 0 Å². The van der Waals surface area contributed by atoms with Crippen LogP contribution < -0.4 is 5.32 Å². The first kappa shape index (κ1) is 11.5. The topological polar surface area (TPSA) is 29.9 Å². The summed E-state index contributed by atoms with van der Waals surface area (Å²) >= 11 is 0. The molecule has 3 heteroatoms. The minimum atomic E-state index is 0.507. The van der Waals surface area contributed by atoms with Crippen LogP contribution in [0.1, 0.15) is 25.3 Å².